The van der Waals surface area contributed by atoms with Gasteiger partial charge in [-0.15, -0.1) is 0 Å². The van der Waals surface area contributed by atoms with Crippen molar-refractivity contribution in [2.75, 3.05) is 34.0 Å². The largest absolute Gasteiger partial charge is 0.500 e. The third-order valence-corrected chi connectivity index (χ3v) is 5.95. The molecule has 0 heterocycles. The molecule has 14 heavy (non-hydrogen) atoms. The van der Waals surface area contributed by atoms with Crippen molar-refractivity contribution in [1.82, 2.24) is 5.32 Å². The Morgan fingerprint density at radius 3 is 2.29 bits per heavy atom. The van der Waals surface area contributed by atoms with E-state index in [1.54, 1.807) is 14.2 Å². The van der Waals surface area contributed by atoms with Crippen LogP contribution in [0.3, 0.4) is 0 Å². The van der Waals surface area contributed by atoms with Crippen molar-refractivity contribution in [3.63, 3.8) is 0 Å². The lowest BCUT2D eigenvalue weighted by molar-refractivity contribution is 0.115. The van der Waals surface area contributed by atoms with Crippen LogP contribution in [0.2, 0.25) is 6.04 Å². The zero-order valence-electron chi connectivity index (χ0n) is 9.76. The number of rotatable bonds is 9. The van der Waals surface area contributed by atoms with Gasteiger partial charge in [0.15, 0.2) is 0 Å². The van der Waals surface area contributed by atoms with Crippen LogP contribution in [0.5, 0.6) is 0 Å². The summed E-state index contributed by atoms with van der Waals surface area (Å²) in [6.07, 6.45) is 3.03. The van der Waals surface area contributed by atoms with Crippen molar-refractivity contribution in [3.8, 4) is 0 Å². The minimum atomic E-state index is -2.29. The van der Waals surface area contributed by atoms with E-state index in [1.165, 1.54) is 0 Å². The second-order valence-corrected chi connectivity index (χ2v) is 6.63. The van der Waals surface area contributed by atoms with E-state index in [9.17, 15) is 0 Å². The van der Waals surface area contributed by atoms with Crippen LogP contribution in [0, 0.1) is 0 Å². The summed E-state index contributed by atoms with van der Waals surface area (Å²) in [4.78, 5) is 0. The maximum atomic E-state index is 5.64. The summed E-state index contributed by atoms with van der Waals surface area (Å²) < 4.78 is 16.5. The topological polar surface area (TPSA) is 39.7 Å². The number of nitrogens with one attached hydrogen (secondary N) is 1. The summed E-state index contributed by atoms with van der Waals surface area (Å²) in [5.41, 5.74) is 0. The molecule has 0 unspecified atom stereocenters. The second kappa shape index (κ2) is 8.57. The molecule has 0 saturated heterocycles. The van der Waals surface area contributed by atoms with Gasteiger partial charge >= 0.3 is 8.80 Å². The predicted octanol–water partition coefficient (Wildman–Crippen LogP) is -0.443. The number of unbranched alkanes of at least 4 members (excludes halogenated alkanes) is 1. The molecular formula is C8H23NO3Si2. The van der Waals surface area contributed by atoms with E-state index >= 15 is 0 Å². The summed E-state index contributed by atoms with van der Waals surface area (Å²) in [6, 6.07) is 0.921. The van der Waals surface area contributed by atoms with Crippen LogP contribution in [0.25, 0.3) is 0 Å². The Kier molecular flexibility index (Phi) is 8.74. The van der Waals surface area contributed by atoms with Crippen molar-refractivity contribution >= 4 is 19.0 Å². The molecule has 1 N–H and O–H groups in total. The van der Waals surface area contributed by atoms with E-state index in [4.69, 9.17) is 13.3 Å². The predicted molar refractivity (Wildman–Crippen MR) is 63.6 cm³/mol. The highest BCUT2D eigenvalue weighted by Gasteiger charge is 2.37. The highest BCUT2D eigenvalue weighted by atomic mass is 28.4. The van der Waals surface area contributed by atoms with Crippen LogP contribution >= 0.6 is 0 Å². The van der Waals surface area contributed by atoms with Gasteiger partial charge in [-0.3, -0.25) is 0 Å². The molecule has 0 saturated carbocycles. The van der Waals surface area contributed by atoms with E-state index in [0.717, 1.165) is 41.9 Å². The van der Waals surface area contributed by atoms with Crippen molar-refractivity contribution in [1.29, 1.82) is 0 Å². The average molecular weight is 237 g/mol. The smallest absolute Gasteiger partial charge is 0.378 e. The first kappa shape index (κ1) is 14.3. The Labute approximate surface area is 91.1 Å². The minimum Gasteiger partial charge on any atom is -0.378 e. The first-order chi connectivity index (χ1) is 6.74. The second-order valence-electron chi connectivity index (χ2n) is 3.08. The zero-order chi connectivity index (χ0) is 10.9. The Balaban J connectivity index is 3.82. The molecule has 0 bridgehead atoms. The Bertz CT molecular complexity index is 134. The van der Waals surface area contributed by atoms with Gasteiger partial charge in [-0.25, -0.2) is 0 Å². The third-order valence-electron chi connectivity index (χ3n) is 2.15. The molecule has 0 aliphatic heterocycles. The molecule has 0 rings (SSSR count). The van der Waals surface area contributed by atoms with Gasteiger partial charge in [0.1, 0.15) is 0 Å². The van der Waals surface area contributed by atoms with Gasteiger partial charge in [0.25, 0.3) is 0 Å². The maximum absolute atomic E-state index is 5.64. The first-order valence-electron chi connectivity index (χ1n) is 5.13. The fourth-order valence-corrected chi connectivity index (χ4v) is 4.74. The van der Waals surface area contributed by atoms with E-state index < -0.39 is 8.80 Å². The normalized spacial score (nSPS) is 12.2. The Morgan fingerprint density at radius 1 is 1.21 bits per heavy atom. The summed E-state index contributed by atoms with van der Waals surface area (Å²) in [6.45, 7) is 1.04. The van der Waals surface area contributed by atoms with Crippen LogP contribution < -0.4 is 5.32 Å². The molecule has 4 nitrogen and oxygen atoms in total. The van der Waals surface area contributed by atoms with Gasteiger partial charge in [0.2, 0.25) is 0 Å². The first-order valence-corrected chi connectivity index (χ1v) is 8.48. The van der Waals surface area contributed by atoms with Gasteiger partial charge in [-0.1, -0.05) is 0 Å². The van der Waals surface area contributed by atoms with E-state index in [2.05, 4.69) is 5.32 Å². The minimum absolute atomic E-state index is 0.792. The molecule has 0 aliphatic carbocycles. The molecule has 0 aromatic rings. The van der Waals surface area contributed by atoms with E-state index in [1.807, 2.05) is 7.05 Å². The van der Waals surface area contributed by atoms with Crippen LogP contribution in [-0.2, 0) is 13.3 Å². The molecule has 6 heteroatoms. The fourth-order valence-electron chi connectivity index (χ4n) is 1.34. The number of hydrogen-bond acceptors (Lipinski definition) is 4. The van der Waals surface area contributed by atoms with Gasteiger partial charge in [-0.05, 0) is 26.4 Å². The molecular weight excluding hydrogens is 214 g/mol. The van der Waals surface area contributed by atoms with Gasteiger partial charge in [0, 0.05) is 36.7 Å². The van der Waals surface area contributed by atoms with Crippen LogP contribution in [0.15, 0.2) is 0 Å². The van der Waals surface area contributed by atoms with Gasteiger partial charge < -0.3 is 18.6 Å². The molecule has 0 spiro atoms. The quantitative estimate of drug-likeness (QED) is 0.436. The average Bonchev–Trinajstić information content (AvgIpc) is 2.23. The van der Waals surface area contributed by atoms with Crippen molar-refractivity contribution < 1.29 is 13.3 Å². The lowest BCUT2D eigenvalue weighted by Crippen LogP contribution is -2.44. The third kappa shape index (κ3) is 5.23. The highest BCUT2D eigenvalue weighted by Crippen LogP contribution is 2.16. The monoisotopic (exact) mass is 237 g/mol. The fraction of sp³-hybridized carbons (Fsp3) is 1.00. The standard InChI is InChI=1S/C8H23NO3Si2/c1-9-6-4-5-7-14(10-2,11-3)12-8-13/h9H,4-8H2,1-3,13H3. The zero-order valence-corrected chi connectivity index (χ0v) is 12.8. The molecule has 0 amide bonds. The van der Waals surface area contributed by atoms with Crippen molar-refractivity contribution in [3.05, 3.63) is 0 Å². The Morgan fingerprint density at radius 2 is 1.86 bits per heavy atom. The van der Waals surface area contributed by atoms with E-state index in [0.29, 0.717) is 0 Å². The molecule has 0 radical (unpaired) electrons. The summed E-state index contributed by atoms with van der Waals surface area (Å²) >= 11 is 0. The van der Waals surface area contributed by atoms with Crippen LogP contribution in [0.1, 0.15) is 12.8 Å². The summed E-state index contributed by atoms with van der Waals surface area (Å²) in [5.74, 6) is 0. The molecule has 0 aromatic carbocycles. The highest BCUT2D eigenvalue weighted by molar-refractivity contribution is 6.60. The lowest BCUT2D eigenvalue weighted by Gasteiger charge is -2.25. The molecule has 0 atom stereocenters. The number of hydrogen-bond donors (Lipinski definition) is 1. The Hall–Kier alpha value is 0.274. The SMILES string of the molecule is CNCCCC[Si](OC)(OC)OC[SiH3]. The van der Waals surface area contributed by atoms with Crippen LogP contribution in [0.4, 0.5) is 0 Å². The van der Waals surface area contributed by atoms with Crippen molar-refractivity contribution in [2.24, 2.45) is 0 Å². The van der Waals surface area contributed by atoms with Gasteiger partial charge in [0.05, 0.1) is 0 Å². The lowest BCUT2D eigenvalue weighted by atomic mass is 10.3. The summed E-state index contributed by atoms with van der Waals surface area (Å²) in [7, 11) is 4.08. The van der Waals surface area contributed by atoms with Gasteiger partial charge in [-0.2, -0.15) is 0 Å². The molecule has 0 fully saturated rings. The molecule has 0 aliphatic rings. The summed E-state index contributed by atoms with van der Waals surface area (Å²) in [5, 5.41) is 3.12. The van der Waals surface area contributed by atoms with E-state index in [-0.39, 0.29) is 0 Å². The van der Waals surface area contributed by atoms with Crippen LogP contribution in [-0.4, -0.2) is 53.1 Å². The maximum Gasteiger partial charge on any atom is 0.500 e. The molecule has 86 valence electrons. The van der Waals surface area contributed by atoms with Crippen molar-refractivity contribution in [2.45, 2.75) is 18.9 Å². The molecule has 0 aromatic heterocycles.